The second-order valence-corrected chi connectivity index (χ2v) is 5.89. The third-order valence-corrected chi connectivity index (χ3v) is 2.94. The summed E-state index contributed by atoms with van der Waals surface area (Å²) in [6.45, 7) is 8.84. The van der Waals surface area contributed by atoms with E-state index < -0.39 is 29.8 Å². The molecule has 0 saturated carbocycles. The molecule has 0 aromatic rings. The van der Waals surface area contributed by atoms with Gasteiger partial charge in [-0.15, -0.1) is 0 Å². The van der Waals surface area contributed by atoms with Crippen molar-refractivity contribution in [2.45, 2.75) is 78.2 Å². The van der Waals surface area contributed by atoms with E-state index in [2.05, 4.69) is 10.1 Å². The molecule has 0 spiro atoms. The lowest BCUT2D eigenvalue weighted by Crippen LogP contribution is -2.47. The smallest absolute Gasteiger partial charge is 0.372 e. The van der Waals surface area contributed by atoms with Crippen molar-refractivity contribution >= 4 is 23.9 Å². The number of amides is 1. The quantitative estimate of drug-likeness (QED) is 0.254. The molecule has 0 aliphatic heterocycles. The first-order valence-electron chi connectivity index (χ1n) is 8.10. The predicted octanol–water partition coefficient (Wildman–Crippen LogP) is 1.29. The zero-order valence-corrected chi connectivity index (χ0v) is 15.0. The summed E-state index contributed by atoms with van der Waals surface area (Å²) in [4.78, 5) is 38.8. The van der Waals surface area contributed by atoms with Crippen LogP contribution >= 0.6 is 0 Å². The summed E-state index contributed by atoms with van der Waals surface area (Å²) < 4.78 is 10.6. The lowest BCUT2D eigenvalue weighted by Gasteiger charge is -2.23. The van der Waals surface area contributed by atoms with Gasteiger partial charge >= 0.3 is 12.2 Å². The summed E-state index contributed by atoms with van der Waals surface area (Å²) in [7, 11) is 0. The highest BCUT2D eigenvalue weighted by molar-refractivity contribution is 6.25. The topological polar surface area (TPSA) is 120 Å². The summed E-state index contributed by atoms with van der Waals surface area (Å²) in [6, 6.07) is -0.951. The van der Waals surface area contributed by atoms with E-state index in [0.717, 1.165) is 6.21 Å². The number of nitrogens with zero attached hydrogens (tertiary/aromatic N) is 1. The van der Waals surface area contributed by atoms with Crippen LogP contribution < -0.4 is 5.32 Å². The molecule has 0 unspecified atom stereocenters. The van der Waals surface area contributed by atoms with Gasteiger partial charge in [0, 0.05) is 6.42 Å². The minimum Gasteiger partial charge on any atom is -0.461 e. The highest BCUT2D eigenvalue weighted by atomic mass is 16.5. The Labute approximate surface area is 142 Å². The number of hydrogen-bond donors (Lipinski definition) is 2. The number of esters is 1. The van der Waals surface area contributed by atoms with Crippen molar-refractivity contribution in [2.24, 2.45) is 0 Å². The van der Waals surface area contributed by atoms with Gasteiger partial charge < -0.3 is 14.8 Å². The van der Waals surface area contributed by atoms with E-state index in [1.807, 2.05) is 20.8 Å². The Hall–Kier alpha value is -2.05. The molecular weight excluding hydrogens is 314 g/mol. The fourth-order valence-corrected chi connectivity index (χ4v) is 1.92. The molecule has 0 aromatic carbocycles. The maximum absolute atomic E-state index is 12.3. The van der Waals surface area contributed by atoms with E-state index in [0.29, 0.717) is 6.42 Å². The molecule has 136 valence electrons. The van der Waals surface area contributed by atoms with Crippen LogP contribution in [0.3, 0.4) is 0 Å². The molecule has 2 N–H and O–H groups in total. The summed E-state index contributed by atoms with van der Waals surface area (Å²) >= 11 is 0. The van der Waals surface area contributed by atoms with Gasteiger partial charge in [0.2, 0.25) is 11.7 Å². The Morgan fingerprint density at radius 3 is 2.25 bits per heavy atom. The van der Waals surface area contributed by atoms with Crippen LogP contribution in [-0.2, 0) is 23.9 Å². The fourth-order valence-electron chi connectivity index (χ4n) is 1.92. The first-order valence-corrected chi connectivity index (χ1v) is 8.10. The Balaban J connectivity index is 4.96. The summed E-state index contributed by atoms with van der Waals surface area (Å²) in [5.74, 6) is -1.42. The summed E-state index contributed by atoms with van der Waals surface area (Å²) in [6.07, 6.45) is 0.226. The molecule has 0 aromatic heterocycles. The Morgan fingerprint density at radius 2 is 1.79 bits per heavy atom. The van der Waals surface area contributed by atoms with E-state index in [-0.39, 0.29) is 25.0 Å². The zero-order valence-electron chi connectivity index (χ0n) is 15.0. The van der Waals surface area contributed by atoms with E-state index in [9.17, 15) is 14.4 Å². The van der Waals surface area contributed by atoms with Crippen LogP contribution in [0.1, 0.15) is 53.9 Å². The van der Waals surface area contributed by atoms with Gasteiger partial charge in [-0.3, -0.25) is 9.59 Å². The fraction of sp³-hybridized carbons (Fsp3) is 0.750. The number of hydrogen-bond acceptors (Lipinski definition) is 6. The van der Waals surface area contributed by atoms with Crippen LogP contribution in [0, 0.1) is 5.53 Å². The second kappa shape index (κ2) is 11.5. The average molecular weight is 342 g/mol. The first kappa shape index (κ1) is 21.9. The van der Waals surface area contributed by atoms with Gasteiger partial charge in [-0.05, 0) is 40.5 Å². The van der Waals surface area contributed by atoms with Gasteiger partial charge in [0.1, 0.15) is 12.1 Å². The number of Topliss-reactive ketones (excluding diaryl/α,β-unsaturated/α-hetero) is 1. The maximum Gasteiger partial charge on any atom is 0.372 e. The zero-order chi connectivity index (χ0) is 18.7. The Morgan fingerprint density at radius 1 is 1.17 bits per heavy atom. The van der Waals surface area contributed by atoms with Gasteiger partial charge in [-0.25, -0.2) is 4.79 Å². The number of ketones is 1. The third kappa shape index (κ3) is 9.17. The molecule has 8 nitrogen and oxygen atoms in total. The number of carbonyl (C=O) groups is 3. The van der Waals surface area contributed by atoms with Crippen molar-refractivity contribution in [2.75, 3.05) is 0 Å². The molecular formula is C16H28N3O5+. The first-order chi connectivity index (χ1) is 11.2. The molecule has 0 aliphatic rings. The molecule has 0 radical (unpaired) electrons. The molecule has 0 bridgehead atoms. The largest absolute Gasteiger partial charge is 0.461 e. The van der Waals surface area contributed by atoms with Gasteiger partial charge in [0.05, 0.1) is 22.5 Å². The number of nitrogens with one attached hydrogen (secondary N) is 2. The summed E-state index contributed by atoms with van der Waals surface area (Å²) in [5.41, 5.74) is 6.63. The van der Waals surface area contributed by atoms with E-state index in [1.54, 1.807) is 13.8 Å². The third-order valence-electron chi connectivity index (χ3n) is 2.94. The molecule has 0 heterocycles. The standard InChI is InChI=1S/C16H27N3O5/c1-6-14(23-10(2)3)15(21)19-13(16(22)24-11(4)5)8-7-12(20)9-18-17/h9-11,13-14,17H,6-8H2,1-5H3/p+1/t13-,14-/m0/s1. The second-order valence-electron chi connectivity index (χ2n) is 5.89. The molecule has 8 heteroatoms. The van der Waals surface area contributed by atoms with Gasteiger partial charge in [-0.2, -0.15) is 0 Å². The monoisotopic (exact) mass is 342 g/mol. The van der Waals surface area contributed by atoms with Crippen LogP contribution in [-0.4, -0.2) is 53.0 Å². The number of carbonyl (C=O) groups excluding carboxylic acids is 3. The molecule has 24 heavy (non-hydrogen) atoms. The molecule has 0 fully saturated rings. The molecule has 0 aliphatic carbocycles. The van der Waals surface area contributed by atoms with Crippen LogP contribution in [0.25, 0.3) is 0 Å². The number of rotatable bonds is 11. The van der Waals surface area contributed by atoms with Crippen LogP contribution in [0.5, 0.6) is 0 Å². The van der Waals surface area contributed by atoms with Crippen LogP contribution in [0.15, 0.2) is 0 Å². The van der Waals surface area contributed by atoms with Gasteiger partial charge in [0.15, 0.2) is 0 Å². The SMILES string of the molecule is CC[C@H](OC(C)C)C(=O)N[C@@H](CCC(=O)C=[N+]=N)C(=O)OC(C)C. The summed E-state index contributed by atoms with van der Waals surface area (Å²) in [5, 5.41) is 2.59. The Kier molecular flexibility index (Phi) is 10.5. The van der Waals surface area contributed by atoms with Crippen molar-refractivity contribution in [3.8, 4) is 0 Å². The molecule has 0 saturated heterocycles. The van der Waals surface area contributed by atoms with E-state index in [1.165, 1.54) is 0 Å². The van der Waals surface area contributed by atoms with Gasteiger partial charge in [0.25, 0.3) is 0 Å². The lowest BCUT2D eigenvalue weighted by molar-refractivity contribution is -0.153. The predicted molar refractivity (Wildman–Crippen MR) is 86.7 cm³/mol. The highest BCUT2D eigenvalue weighted by Crippen LogP contribution is 2.07. The van der Waals surface area contributed by atoms with E-state index >= 15 is 0 Å². The number of ether oxygens (including phenoxy) is 2. The van der Waals surface area contributed by atoms with Crippen LogP contribution in [0.2, 0.25) is 0 Å². The average Bonchev–Trinajstić information content (AvgIpc) is 2.47. The minimum atomic E-state index is -0.951. The van der Waals surface area contributed by atoms with Crippen molar-refractivity contribution < 1.29 is 28.6 Å². The molecule has 0 rings (SSSR count). The lowest BCUT2D eigenvalue weighted by atomic mass is 10.1. The van der Waals surface area contributed by atoms with Crippen molar-refractivity contribution in [1.82, 2.24) is 5.32 Å². The highest BCUT2D eigenvalue weighted by Gasteiger charge is 2.28. The van der Waals surface area contributed by atoms with Crippen LogP contribution in [0.4, 0.5) is 0 Å². The van der Waals surface area contributed by atoms with Crippen molar-refractivity contribution in [1.29, 1.82) is 5.53 Å². The van der Waals surface area contributed by atoms with Gasteiger partial charge in [-0.1, -0.05) is 6.92 Å². The van der Waals surface area contributed by atoms with Crippen molar-refractivity contribution in [3.63, 3.8) is 0 Å². The molecule has 2 atom stereocenters. The minimum absolute atomic E-state index is 0.0254. The van der Waals surface area contributed by atoms with E-state index in [4.69, 9.17) is 15.0 Å². The maximum atomic E-state index is 12.3. The van der Waals surface area contributed by atoms with Crippen molar-refractivity contribution in [3.05, 3.63) is 0 Å². The Bertz CT molecular complexity index is 484. The molecule has 1 amide bonds. The normalized spacial score (nSPS) is 13.1.